The lowest BCUT2D eigenvalue weighted by molar-refractivity contribution is -0.115. The van der Waals surface area contributed by atoms with Crippen LogP contribution in [0.1, 0.15) is 12.8 Å². The molecule has 2 N–H and O–H groups in total. The molecule has 0 aliphatic carbocycles. The van der Waals surface area contributed by atoms with Crippen molar-refractivity contribution < 1.29 is 9.18 Å². The number of rotatable bonds is 3. The van der Waals surface area contributed by atoms with Gasteiger partial charge in [0, 0.05) is 25.8 Å². The van der Waals surface area contributed by atoms with Gasteiger partial charge in [0.1, 0.15) is 5.82 Å². The summed E-state index contributed by atoms with van der Waals surface area (Å²) < 4.78 is 13.0. The van der Waals surface area contributed by atoms with Crippen molar-refractivity contribution in [2.24, 2.45) is 4.99 Å². The molecule has 0 unspecified atom stereocenters. The Kier molecular flexibility index (Phi) is 7.41. The van der Waals surface area contributed by atoms with Crippen molar-refractivity contribution in [2.75, 3.05) is 32.0 Å². The van der Waals surface area contributed by atoms with Gasteiger partial charge in [-0.2, -0.15) is 0 Å². The molecule has 0 spiro atoms. The van der Waals surface area contributed by atoms with Crippen LogP contribution in [0.4, 0.5) is 10.1 Å². The maximum absolute atomic E-state index is 13.0. The predicted molar refractivity (Wildman–Crippen MR) is 92.6 cm³/mol. The lowest BCUT2D eigenvalue weighted by atomic mass is 10.3. The van der Waals surface area contributed by atoms with Gasteiger partial charge < -0.3 is 15.5 Å². The lowest BCUT2D eigenvalue weighted by Crippen LogP contribution is -2.42. The first-order valence-electron chi connectivity index (χ1n) is 6.70. The minimum absolute atomic E-state index is 0. The number of hydrogen-bond acceptors (Lipinski definition) is 2. The number of halogens is 2. The molecule has 1 fully saturated rings. The second-order valence-corrected chi connectivity index (χ2v) is 4.65. The molecule has 2 rings (SSSR count). The SMILES string of the molecule is CN=C(NCC(=O)Nc1cccc(F)c1)N1CCCC1.I. The van der Waals surface area contributed by atoms with Crippen LogP contribution in [0.2, 0.25) is 0 Å². The Morgan fingerprint density at radius 3 is 2.71 bits per heavy atom. The molecule has 1 aliphatic heterocycles. The third-order valence-electron chi connectivity index (χ3n) is 3.13. The Bertz CT molecular complexity index is 504. The largest absolute Gasteiger partial charge is 0.347 e. The molecule has 116 valence electrons. The van der Waals surface area contributed by atoms with Gasteiger partial charge in [0.05, 0.1) is 6.54 Å². The number of nitrogens with one attached hydrogen (secondary N) is 2. The van der Waals surface area contributed by atoms with Crippen molar-refractivity contribution in [3.63, 3.8) is 0 Å². The summed E-state index contributed by atoms with van der Waals surface area (Å²) in [5.41, 5.74) is 0.452. The molecule has 0 atom stereocenters. The highest BCUT2D eigenvalue weighted by Crippen LogP contribution is 2.09. The predicted octanol–water partition coefficient (Wildman–Crippen LogP) is 2.05. The molecular formula is C14H20FIN4O. The van der Waals surface area contributed by atoms with E-state index in [0.717, 1.165) is 31.9 Å². The zero-order chi connectivity index (χ0) is 14.4. The summed E-state index contributed by atoms with van der Waals surface area (Å²) in [6, 6.07) is 5.83. The summed E-state index contributed by atoms with van der Waals surface area (Å²) in [6.07, 6.45) is 2.30. The van der Waals surface area contributed by atoms with Crippen LogP contribution in [0.3, 0.4) is 0 Å². The van der Waals surface area contributed by atoms with E-state index in [1.54, 1.807) is 19.2 Å². The second-order valence-electron chi connectivity index (χ2n) is 4.65. The van der Waals surface area contributed by atoms with E-state index >= 15 is 0 Å². The summed E-state index contributed by atoms with van der Waals surface area (Å²) in [5, 5.41) is 5.65. The number of amides is 1. The quantitative estimate of drug-likeness (QED) is 0.459. The fraction of sp³-hybridized carbons (Fsp3) is 0.429. The molecule has 0 saturated carbocycles. The summed E-state index contributed by atoms with van der Waals surface area (Å²) in [4.78, 5) is 18.1. The number of carbonyl (C=O) groups is 1. The van der Waals surface area contributed by atoms with Crippen LogP contribution in [0.25, 0.3) is 0 Å². The molecule has 1 amide bonds. The van der Waals surface area contributed by atoms with Gasteiger partial charge >= 0.3 is 0 Å². The number of nitrogens with zero attached hydrogens (tertiary/aromatic N) is 2. The Morgan fingerprint density at radius 2 is 2.10 bits per heavy atom. The third kappa shape index (κ3) is 5.49. The molecule has 0 aromatic heterocycles. The van der Waals surface area contributed by atoms with E-state index in [1.165, 1.54) is 12.1 Å². The molecule has 1 heterocycles. The second kappa shape index (κ2) is 8.81. The van der Waals surface area contributed by atoms with Crippen molar-refractivity contribution in [1.29, 1.82) is 0 Å². The van der Waals surface area contributed by atoms with E-state index in [-0.39, 0.29) is 42.2 Å². The summed E-state index contributed by atoms with van der Waals surface area (Å²) in [5.74, 6) is 0.136. The van der Waals surface area contributed by atoms with Gasteiger partial charge in [0.15, 0.2) is 5.96 Å². The molecule has 1 saturated heterocycles. The van der Waals surface area contributed by atoms with E-state index < -0.39 is 0 Å². The summed E-state index contributed by atoms with van der Waals surface area (Å²) in [7, 11) is 1.70. The van der Waals surface area contributed by atoms with Crippen molar-refractivity contribution in [2.45, 2.75) is 12.8 Å². The zero-order valence-electron chi connectivity index (χ0n) is 11.9. The standard InChI is InChI=1S/C14H19FN4O.HI/c1-16-14(19-7-2-3-8-19)17-10-13(20)18-12-6-4-5-11(15)9-12;/h4-6,9H,2-3,7-8,10H2,1H3,(H,16,17)(H,18,20);1H. The Labute approximate surface area is 141 Å². The molecule has 0 bridgehead atoms. The van der Waals surface area contributed by atoms with E-state index in [9.17, 15) is 9.18 Å². The van der Waals surface area contributed by atoms with Crippen molar-refractivity contribution in [3.05, 3.63) is 30.1 Å². The first-order valence-corrected chi connectivity index (χ1v) is 6.70. The summed E-state index contributed by atoms with van der Waals surface area (Å²) in [6.45, 7) is 2.04. The highest BCUT2D eigenvalue weighted by atomic mass is 127. The zero-order valence-corrected chi connectivity index (χ0v) is 14.3. The molecule has 0 radical (unpaired) electrons. The van der Waals surface area contributed by atoms with Gasteiger partial charge in [-0.15, -0.1) is 24.0 Å². The van der Waals surface area contributed by atoms with E-state index in [4.69, 9.17) is 0 Å². The summed E-state index contributed by atoms with van der Waals surface area (Å²) >= 11 is 0. The molecule has 1 aromatic carbocycles. The van der Waals surface area contributed by atoms with Gasteiger partial charge in [-0.1, -0.05) is 6.07 Å². The first-order chi connectivity index (χ1) is 9.69. The van der Waals surface area contributed by atoms with Crippen molar-refractivity contribution in [3.8, 4) is 0 Å². The van der Waals surface area contributed by atoms with E-state index in [0.29, 0.717) is 5.69 Å². The normalized spacial score (nSPS) is 14.6. The molecular weight excluding hydrogens is 386 g/mol. The van der Waals surface area contributed by atoms with Crippen LogP contribution < -0.4 is 10.6 Å². The van der Waals surface area contributed by atoms with Crippen LogP contribution in [0.15, 0.2) is 29.3 Å². The van der Waals surface area contributed by atoms with E-state index in [1.807, 2.05) is 0 Å². The maximum atomic E-state index is 13.0. The van der Waals surface area contributed by atoms with Gasteiger partial charge in [0.25, 0.3) is 0 Å². The maximum Gasteiger partial charge on any atom is 0.243 e. The topological polar surface area (TPSA) is 56.7 Å². The van der Waals surface area contributed by atoms with Gasteiger partial charge in [-0.25, -0.2) is 4.39 Å². The number of benzene rings is 1. The third-order valence-corrected chi connectivity index (χ3v) is 3.13. The van der Waals surface area contributed by atoms with Gasteiger partial charge in [-0.3, -0.25) is 9.79 Å². The fourth-order valence-electron chi connectivity index (χ4n) is 2.19. The van der Waals surface area contributed by atoms with Crippen LogP contribution in [-0.2, 0) is 4.79 Å². The van der Waals surface area contributed by atoms with E-state index in [2.05, 4.69) is 20.5 Å². The molecule has 1 aliphatic rings. The number of guanidine groups is 1. The van der Waals surface area contributed by atoms with Crippen molar-refractivity contribution in [1.82, 2.24) is 10.2 Å². The number of carbonyl (C=O) groups excluding carboxylic acids is 1. The average Bonchev–Trinajstić information content (AvgIpc) is 2.93. The van der Waals surface area contributed by atoms with Gasteiger partial charge in [0.2, 0.25) is 5.91 Å². The van der Waals surface area contributed by atoms with Crippen LogP contribution in [0, 0.1) is 5.82 Å². The van der Waals surface area contributed by atoms with Crippen LogP contribution in [0.5, 0.6) is 0 Å². The average molecular weight is 406 g/mol. The Balaban J connectivity index is 0.00000220. The van der Waals surface area contributed by atoms with Crippen LogP contribution >= 0.6 is 24.0 Å². The lowest BCUT2D eigenvalue weighted by Gasteiger charge is -2.20. The number of hydrogen-bond donors (Lipinski definition) is 2. The minimum Gasteiger partial charge on any atom is -0.347 e. The van der Waals surface area contributed by atoms with Crippen LogP contribution in [-0.4, -0.2) is 43.4 Å². The molecule has 21 heavy (non-hydrogen) atoms. The molecule has 7 heteroatoms. The van der Waals surface area contributed by atoms with Gasteiger partial charge in [-0.05, 0) is 31.0 Å². The number of aliphatic imine (C=N–C) groups is 1. The highest BCUT2D eigenvalue weighted by molar-refractivity contribution is 14.0. The highest BCUT2D eigenvalue weighted by Gasteiger charge is 2.16. The minimum atomic E-state index is -0.372. The Morgan fingerprint density at radius 1 is 1.38 bits per heavy atom. The Hall–Kier alpha value is -1.38. The monoisotopic (exact) mass is 406 g/mol. The van der Waals surface area contributed by atoms with Crippen molar-refractivity contribution >= 4 is 41.5 Å². The molecule has 5 nitrogen and oxygen atoms in total. The number of anilines is 1. The number of likely N-dealkylation sites (tertiary alicyclic amines) is 1. The fourth-order valence-corrected chi connectivity index (χ4v) is 2.19. The molecule has 1 aromatic rings. The smallest absolute Gasteiger partial charge is 0.243 e. The first kappa shape index (κ1) is 17.7.